The third-order valence-corrected chi connectivity index (χ3v) is 2.47. The van der Waals surface area contributed by atoms with Crippen molar-refractivity contribution in [1.82, 2.24) is 5.32 Å². The number of hydrogen-bond donors (Lipinski definition) is 1. The average molecular weight is 293 g/mol. The van der Waals surface area contributed by atoms with Crippen molar-refractivity contribution >= 4 is 0 Å². The Hall–Kier alpha value is -1.47. The van der Waals surface area contributed by atoms with Crippen LogP contribution in [0.3, 0.4) is 0 Å². The first-order chi connectivity index (χ1) is 9.46. The molecular weight excluding hydrogens is 275 g/mol. The Morgan fingerprint density at radius 2 is 1.80 bits per heavy atom. The van der Waals surface area contributed by atoms with Gasteiger partial charge in [0, 0.05) is 13.1 Å². The van der Waals surface area contributed by atoms with Crippen molar-refractivity contribution in [2.24, 2.45) is 0 Å². The molecule has 0 aliphatic carbocycles. The van der Waals surface area contributed by atoms with Crippen LogP contribution in [0.1, 0.15) is 5.56 Å². The first-order valence-corrected chi connectivity index (χ1v) is 6.02. The third-order valence-electron chi connectivity index (χ3n) is 2.47. The SMILES string of the molecule is COc1ccc(CNCCOCC(F)(F)F)cc1OC. The van der Waals surface area contributed by atoms with E-state index in [1.54, 1.807) is 20.3 Å². The molecule has 0 atom stereocenters. The van der Waals surface area contributed by atoms with Gasteiger partial charge in [-0.2, -0.15) is 13.2 Å². The zero-order valence-electron chi connectivity index (χ0n) is 11.4. The molecule has 1 aromatic carbocycles. The van der Waals surface area contributed by atoms with E-state index in [2.05, 4.69) is 10.1 Å². The Morgan fingerprint density at radius 3 is 2.40 bits per heavy atom. The molecule has 0 radical (unpaired) electrons. The van der Waals surface area contributed by atoms with Crippen LogP contribution in [0, 0.1) is 0 Å². The predicted molar refractivity (Wildman–Crippen MR) is 68.1 cm³/mol. The van der Waals surface area contributed by atoms with Crippen LogP contribution in [0.4, 0.5) is 13.2 Å². The number of benzene rings is 1. The molecule has 20 heavy (non-hydrogen) atoms. The van der Waals surface area contributed by atoms with E-state index in [-0.39, 0.29) is 6.61 Å². The van der Waals surface area contributed by atoms with Crippen molar-refractivity contribution in [2.45, 2.75) is 12.7 Å². The van der Waals surface area contributed by atoms with Crippen molar-refractivity contribution in [2.75, 3.05) is 34.0 Å². The van der Waals surface area contributed by atoms with Crippen LogP contribution in [0.5, 0.6) is 11.5 Å². The van der Waals surface area contributed by atoms with Gasteiger partial charge in [0.1, 0.15) is 6.61 Å². The number of ether oxygens (including phenoxy) is 3. The molecule has 0 aliphatic rings. The van der Waals surface area contributed by atoms with Crippen molar-refractivity contribution in [3.63, 3.8) is 0 Å². The number of halogens is 3. The summed E-state index contributed by atoms with van der Waals surface area (Å²) in [4.78, 5) is 0. The molecule has 0 fully saturated rings. The molecule has 1 aromatic rings. The van der Waals surface area contributed by atoms with Crippen LogP contribution < -0.4 is 14.8 Å². The fourth-order valence-corrected chi connectivity index (χ4v) is 1.56. The molecule has 4 nitrogen and oxygen atoms in total. The van der Waals surface area contributed by atoms with E-state index < -0.39 is 12.8 Å². The van der Waals surface area contributed by atoms with Crippen LogP contribution in [0.15, 0.2) is 18.2 Å². The highest BCUT2D eigenvalue weighted by Gasteiger charge is 2.27. The Morgan fingerprint density at radius 1 is 1.10 bits per heavy atom. The van der Waals surface area contributed by atoms with Gasteiger partial charge in [-0.25, -0.2) is 0 Å². The first kappa shape index (κ1) is 16.6. The summed E-state index contributed by atoms with van der Waals surface area (Å²) in [6.07, 6.45) is -4.27. The van der Waals surface area contributed by atoms with E-state index in [1.165, 1.54) is 0 Å². The Bertz CT molecular complexity index is 410. The van der Waals surface area contributed by atoms with E-state index in [0.717, 1.165) is 5.56 Å². The van der Waals surface area contributed by atoms with Gasteiger partial charge in [0.05, 0.1) is 20.8 Å². The summed E-state index contributed by atoms with van der Waals surface area (Å²) in [6, 6.07) is 5.43. The van der Waals surface area contributed by atoms with Gasteiger partial charge in [-0.3, -0.25) is 0 Å². The van der Waals surface area contributed by atoms with Crippen molar-refractivity contribution in [3.05, 3.63) is 23.8 Å². The predicted octanol–water partition coefficient (Wildman–Crippen LogP) is 2.37. The van der Waals surface area contributed by atoms with Gasteiger partial charge in [-0.15, -0.1) is 0 Å². The Labute approximate surface area is 115 Å². The maximum atomic E-state index is 11.8. The second kappa shape index (κ2) is 7.96. The van der Waals surface area contributed by atoms with E-state index in [4.69, 9.17) is 9.47 Å². The lowest BCUT2D eigenvalue weighted by molar-refractivity contribution is -0.173. The van der Waals surface area contributed by atoms with Crippen LogP contribution in [0.25, 0.3) is 0 Å². The highest BCUT2D eigenvalue weighted by atomic mass is 19.4. The summed E-state index contributed by atoms with van der Waals surface area (Å²) >= 11 is 0. The molecule has 0 aromatic heterocycles. The topological polar surface area (TPSA) is 39.7 Å². The molecule has 0 bridgehead atoms. The molecule has 0 amide bonds. The minimum absolute atomic E-state index is 0.00675. The largest absolute Gasteiger partial charge is 0.493 e. The van der Waals surface area contributed by atoms with Gasteiger partial charge >= 0.3 is 6.18 Å². The number of nitrogens with one attached hydrogen (secondary N) is 1. The van der Waals surface area contributed by atoms with Crippen LogP contribution >= 0.6 is 0 Å². The average Bonchev–Trinajstić information content (AvgIpc) is 2.41. The Kier molecular flexibility index (Phi) is 6.60. The number of alkyl halides is 3. The monoisotopic (exact) mass is 293 g/mol. The van der Waals surface area contributed by atoms with E-state index in [0.29, 0.717) is 24.6 Å². The lowest BCUT2D eigenvalue weighted by Gasteiger charge is -2.11. The van der Waals surface area contributed by atoms with Crippen molar-refractivity contribution in [3.8, 4) is 11.5 Å². The number of hydrogen-bond acceptors (Lipinski definition) is 4. The standard InChI is InChI=1S/C13H18F3NO3/c1-18-11-4-3-10(7-12(11)19-2)8-17-5-6-20-9-13(14,15)16/h3-4,7,17H,5-6,8-9H2,1-2H3. The van der Waals surface area contributed by atoms with Gasteiger partial charge in [0.25, 0.3) is 0 Å². The second-order valence-electron chi connectivity index (χ2n) is 4.03. The molecule has 0 saturated heterocycles. The molecule has 114 valence electrons. The molecule has 0 spiro atoms. The van der Waals surface area contributed by atoms with Gasteiger partial charge in [-0.1, -0.05) is 6.07 Å². The summed E-state index contributed by atoms with van der Waals surface area (Å²) in [6.45, 7) is -0.363. The fourth-order valence-electron chi connectivity index (χ4n) is 1.56. The zero-order valence-corrected chi connectivity index (χ0v) is 11.4. The van der Waals surface area contributed by atoms with Crippen LogP contribution in [0.2, 0.25) is 0 Å². The highest BCUT2D eigenvalue weighted by Crippen LogP contribution is 2.27. The van der Waals surface area contributed by atoms with Crippen molar-refractivity contribution < 1.29 is 27.4 Å². The van der Waals surface area contributed by atoms with Crippen LogP contribution in [-0.4, -0.2) is 40.2 Å². The van der Waals surface area contributed by atoms with E-state index in [1.807, 2.05) is 12.1 Å². The summed E-state index contributed by atoms with van der Waals surface area (Å²) in [5.41, 5.74) is 0.943. The summed E-state index contributed by atoms with van der Waals surface area (Å²) in [7, 11) is 3.09. The second-order valence-corrected chi connectivity index (χ2v) is 4.03. The lowest BCUT2D eigenvalue weighted by Crippen LogP contribution is -2.23. The maximum Gasteiger partial charge on any atom is 0.411 e. The summed E-state index contributed by atoms with van der Waals surface area (Å²) in [5.74, 6) is 1.24. The van der Waals surface area contributed by atoms with E-state index >= 15 is 0 Å². The number of methoxy groups -OCH3 is 2. The zero-order chi connectivity index (χ0) is 15.0. The lowest BCUT2D eigenvalue weighted by atomic mass is 10.2. The van der Waals surface area contributed by atoms with Gasteiger partial charge in [0.2, 0.25) is 0 Å². The van der Waals surface area contributed by atoms with E-state index in [9.17, 15) is 13.2 Å². The minimum Gasteiger partial charge on any atom is -0.493 e. The highest BCUT2D eigenvalue weighted by molar-refractivity contribution is 5.42. The molecule has 1 N–H and O–H groups in total. The first-order valence-electron chi connectivity index (χ1n) is 6.02. The fraction of sp³-hybridized carbons (Fsp3) is 0.538. The van der Waals surface area contributed by atoms with Crippen LogP contribution in [-0.2, 0) is 11.3 Å². The Balaban J connectivity index is 2.28. The third kappa shape index (κ3) is 6.12. The normalized spacial score (nSPS) is 11.4. The maximum absolute atomic E-state index is 11.8. The molecule has 0 aliphatic heterocycles. The minimum atomic E-state index is -4.27. The molecular formula is C13H18F3NO3. The molecule has 0 heterocycles. The van der Waals surface area contributed by atoms with Gasteiger partial charge in [-0.05, 0) is 17.7 Å². The summed E-state index contributed by atoms with van der Waals surface area (Å²) in [5, 5.41) is 2.99. The molecule has 0 unspecified atom stereocenters. The molecule has 7 heteroatoms. The molecule has 1 rings (SSSR count). The van der Waals surface area contributed by atoms with Gasteiger partial charge < -0.3 is 19.5 Å². The summed E-state index contributed by atoms with van der Waals surface area (Å²) < 4.78 is 50.2. The number of rotatable bonds is 8. The van der Waals surface area contributed by atoms with Crippen molar-refractivity contribution in [1.29, 1.82) is 0 Å². The smallest absolute Gasteiger partial charge is 0.411 e. The van der Waals surface area contributed by atoms with Gasteiger partial charge in [0.15, 0.2) is 11.5 Å². The molecule has 0 saturated carbocycles. The quantitative estimate of drug-likeness (QED) is 0.747.